The van der Waals surface area contributed by atoms with Crippen molar-refractivity contribution in [2.75, 3.05) is 6.54 Å². The predicted octanol–water partition coefficient (Wildman–Crippen LogP) is 3.20. The largest absolute Gasteiger partial charge is 0.393 e. The molecule has 1 aromatic carbocycles. The Hall–Kier alpha value is -0.860. The van der Waals surface area contributed by atoms with Gasteiger partial charge >= 0.3 is 0 Å². The van der Waals surface area contributed by atoms with Crippen molar-refractivity contribution in [3.05, 3.63) is 35.4 Å². The maximum absolute atomic E-state index is 9.97. The third kappa shape index (κ3) is 3.33. The maximum atomic E-state index is 9.97. The molecule has 0 aliphatic heterocycles. The summed E-state index contributed by atoms with van der Waals surface area (Å²) in [6.07, 6.45) is 4.49. The number of hydrogen-bond donors (Lipinski definition) is 2. The molecular weight excluding hydrogens is 222 g/mol. The van der Waals surface area contributed by atoms with Crippen LogP contribution < -0.4 is 5.32 Å². The summed E-state index contributed by atoms with van der Waals surface area (Å²) in [7, 11) is 0. The van der Waals surface area contributed by atoms with E-state index in [1.807, 2.05) is 0 Å². The molecule has 1 saturated carbocycles. The first-order chi connectivity index (χ1) is 8.68. The normalized spacial score (nSPS) is 25.9. The highest BCUT2D eigenvalue weighted by atomic mass is 16.3. The number of aryl methyl sites for hydroxylation is 1. The Balaban J connectivity index is 1.88. The van der Waals surface area contributed by atoms with Crippen molar-refractivity contribution in [1.29, 1.82) is 0 Å². The van der Waals surface area contributed by atoms with Crippen molar-refractivity contribution >= 4 is 0 Å². The Bertz CT molecular complexity index is 377. The number of hydrogen-bond acceptors (Lipinski definition) is 2. The van der Waals surface area contributed by atoms with E-state index in [0.29, 0.717) is 12.0 Å². The van der Waals surface area contributed by atoms with Gasteiger partial charge in [-0.25, -0.2) is 0 Å². The molecule has 0 spiro atoms. The highest BCUT2D eigenvalue weighted by molar-refractivity contribution is 5.28. The van der Waals surface area contributed by atoms with E-state index >= 15 is 0 Å². The Labute approximate surface area is 110 Å². The summed E-state index contributed by atoms with van der Waals surface area (Å²) in [6.45, 7) is 5.29. The minimum atomic E-state index is -0.102. The van der Waals surface area contributed by atoms with Crippen molar-refractivity contribution in [3.63, 3.8) is 0 Å². The highest BCUT2D eigenvalue weighted by Crippen LogP contribution is 2.25. The predicted molar refractivity (Wildman–Crippen MR) is 75.6 cm³/mol. The molecule has 0 heterocycles. The quantitative estimate of drug-likeness (QED) is 0.856. The molecule has 0 unspecified atom stereocenters. The zero-order valence-corrected chi connectivity index (χ0v) is 11.5. The monoisotopic (exact) mass is 247 g/mol. The van der Waals surface area contributed by atoms with Gasteiger partial charge < -0.3 is 10.4 Å². The number of aliphatic hydroxyl groups is 1. The zero-order chi connectivity index (χ0) is 13.0. The number of aliphatic hydroxyl groups excluding tert-OH is 1. The first-order valence-electron chi connectivity index (χ1n) is 7.15. The van der Waals surface area contributed by atoms with Gasteiger partial charge in [-0.05, 0) is 43.7 Å². The number of nitrogens with one attached hydrogen (secondary N) is 1. The van der Waals surface area contributed by atoms with Crippen LogP contribution in [-0.2, 0) is 0 Å². The van der Waals surface area contributed by atoms with Gasteiger partial charge in [-0.2, -0.15) is 0 Å². The van der Waals surface area contributed by atoms with Crippen LogP contribution >= 0.6 is 0 Å². The summed E-state index contributed by atoms with van der Waals surface area (Å²) in [5, 5.41) is 13.5. The van der Waals surface area contributed by atoms with Crippen molar-refractivity contribution in [3.8, 4) is 0 Å². The van der Waals surface area contributed by atoms with Crippen LogP contribution in [0.4, 0.5) is 0 Å². The molecule has 2 heteroatoms. The highest BCUT2D eigenvalue weighted by Gasteiger charge is 2.23. The molecule has 1 aliphatic carbocycles. The van der Waals surface area contributed by atoms with E-state index in [1.165, 1.54) is 24.0 Å². The van der Waals surface area contributed by atoms with Crippen LogP contribution in [0.3, 0.4) is 0 Å². The van der Waals surface area contributed by atoms with Gasteiger partial charge in [0.25, 0.3) is 0 Å². The third-order valence-corrected chi connectivity index (χ3v) is 4.21. The maximum Gasteiger partial charge on any atom is 0.0580 e. The van der Waals surface area contributed by atoms with Gasteiger partial charge in [0.15, 0.2) is 0 Å². The molecule has 1 aliphatic rings. The van der Waals surface area contributed by atoms with E-state index in [2.05, 4.69) is 43.4 Å². The topological polar surface area (TPSA) is 32.3 Å². The fourth-order valence-electron chi connectivity index (χ4n) is 2.94. The molecule has 0 radical (unpaired) electrons. The Kier molecular flexibility index (Phi) is 4.79. The van der Waals surface area contributed by atoms with Gasteiger partial charge in [0.05, 0.1) is 6.10 Å². The van der Waals surface area contributed by atoms with Crippen molar-refractivity contribution in [2.24, 2.45) is 5.92 Å². The van der Waals surface area contributed by atoms with Crippen LogP contribution in [0.25, 0.3) is 0 Å². The molecule has 2 N–H and O–H groups in total. The molecule has 0 aromatic heterocycles. The van der Waals surface area contributed by atoms with Crippen LogP contribution in [0.15, 0.2) is 24.3 Å². The Morgan fingerprint density at radius 1 is 1.28 bits per heavy atom. The lowest BCUT2D eigenvalue weighted by atomic mass is 9.86. The van der Waals surface area contributed by atoms with Gasteiger partial charge in [-0.1, -0.05) is 37.1 Å². The molecular formula is C16H25NO. The van der Waals surface area contributed by atoms with E-state index in [1.54, 1.807) is 0 Å². The van der Waals surface area contributed by atoms with Crippen LogP contribution in [0.5, 0.6) is 0 Å². The second-order valence-electron chi connectivity index (χ2n) is 5.60. The fourth-order valence-corrected chi connectivity index (χ4v) is 2.94. The van der Waals surface area contributed by atoms with E-state index < -0.39 is 0 Å². The van der Waals surface area contributed by atoms with Crippen LogP contribution in [0, 0.1) is 12.8 Å². The molecule has 1 fully saturated rings. The van der Waals surface area contributed by atoms with Gasteiger partial charge in [-0.15, -0.1) is 0 Å². The van der Waals surface area contributed by atoms with Crippen LogP contribution in [-0.4, -0.2) is 17.8 Å². The summed E-state index contributed by atoms with van der Waals surface area (Å²) >= 11 is 0. The first-order valence-corrected chi connectivity index (χ1v) is 7.15. The second kappa shape index (κ2) is 6.35. The summed E-state index contributed by atoms with van der Waals surface area (Å²) < 4.78 is 0. The van der Waals surface area contributed by atoms with Gasteiger partial charge in [0, 0.05) is 12.6 Å². The summed E-state index contributed by atoms with van der Waals surface area (Å²) in [5.74, 6) is 0.435. The number of rotatable bonds is 4. The fraction of sp³-hybridized carbons (Fsp3) is 0.625. The lowest BCUT2D eigenvalue weighted by molar-refractivity contribution is 0.0684. The third-order valence-electron chi connectivity index (χ3n) is 4.21. The lowest BCUT2D eigenvalue weighted by Crippen LogP contribution is -2.35. The van der Waals surface area contributed by atoms with E-state index in [9.17, 15) is 5.11 Å². The average molecular weight is 247 g/mol. The molecule has 2 rings (SSSR count). The molecule has 0 saturated heterocycles. The summed E-state index contributed by atoms with van der Waals surface area (Å²) in [4.78, 5) is 0. The van der Waals surface area contributed by atoms with Gasteiger partial charge in [-0.3, -0.25) is 0 Å². The van der Waals surface area contributed by atoms with Crippen LogP contribution in [0.1, 0.15) is 49.8 Å². The minimum Gasteiger partial charge on any atom is -0.393 e. The SMILES string of the molecule is Cc1ccccc1[C@H](C)NC[C@@H]1CCCC[C@@H]1O. The Morgan fingerprint density at radius 3 is 2.72 bits per heavy atom. The number of benzene rings is 1. The molecule has 0 bridgehead atoms. The standard InChI is InChI=1S/C16H25NO/c1-12-7-3-5-9-15(12)13(2)17-11-14-8-4-6-10-16(14)18/h3,5,7,9,13-14,16-18H,4,6,8,10-11H2,1-2H3/t13-,14-,16-/m0/s1. The van der Waals surface area contributed by atoms with Crippen molar-refractivity contribution in [2.45, 2.75) is 51.7 Å². The average Bonchev–Trinajstić information content (AvgIpc) is 2.38. The first kappa shape index (κ1) is 13.6. The van der Waals surface area contributed by atoms with Crippen LogP contribution in [0.2, 0.25) is 0 Å². The second-order valence-corrected chi connectivity index (χ2v) is 5.60. The Morgan fingerprint density at radius 2 is 2.00 bits per heavy atom. The molecule has 1 aromatic rings. The summed E-state index contributed by atoms with van der Waals surface area (Å²) in [6, 6.07) is 8.87. The molecule has 100 valence electrons. The van der Waals surface area contributed by atoms with Crippen molar-refractivity contribution in [1.82, 2.24) is 5.32 Å². The van der Waals surface area contributed by atoms with Crippen molar-refractivity contribution < 1.29 is 5.11 Å². The smallest absolute Gasteiger partial charge is 0.0580 e. The van der Waals surface area contributed by atoms with E-state index in [4.69, 9.17) is 0 Å². The molecule has 3 atom stereocenters. The molecule has 18 heavy (non-hydrogen) atoms. The van der Waals surface area contributed by atoms with E-state index in [-0.39, 0.29) is 6.10 Å². The zero-order valence-electron chi connectivity index (χ0n) is 11.5. The summed E-state index contributed by atoms with van der Waals surface area (Å²) in [5.41, 5.74) is 2.70. The molecule has 0 amide bonds. The lowest BCUT2D eigenvalue weighted by Gasteiger charge is -2.29. The minimum absolute atomic E-state index is 0.102. The van der Waals surface area contributed by atoms with Gasteiger partial charge in [0.2, 0.25) is 0 Å². The molecule has 2 nitrogen and oxygen atoms in total. The van der Waals surface area contributed by atoms with Gasteiger partial charge in [0.1, 0.15) is 0 Å². The van der Waals surface area contributed by atoms with E-state index in [0.717, 1.165) is 19.4 Å².